The molecule has 2 aliphatic rings. The lowest BCUT2D eigenvalue weighted by atomic mass is 9.79. The minimum atomic E-state index is -0.311. The number of carbonyl (C=O) groups is 2. The van der Waals surface area contributed by atoms with Gasteiger partial charge in [-0.05, 0) is 40.5 Å². The number of nitrogens with zero attached hydrogens (tertiary/aromatic N) is 1. The van der Waals surface area contributed by atoms with Gasteiger partial charge in [0, 0.05) is 30.1 Å². The van der Waals surface area contributed by atoms with Crippen molar-refractivity contribution in [3.05, 3.63) is 0 Å². The Kier molecular flexibility index (Phi) is 3.81. The maximum Gasteiger partial charge on any atom is 0.239 e. The molecule has 114 valence electrons. The zero-order chi connectivity index (χ0) is 15.1. The van der Waals surface area contributed by atoms with E-state index >= 15 is 0 Å². The molecule has 2 rings (SSSR count). The number of nitrogens with one attached hydrogen (secondary N) is 2. The minimum absolute atomic E-state index is 0.0130. The second-order valence-electron chi connectivity index (χ2n) is 7.41. The Bertz CT molecular complexity index is 403. The summed E-state index contributed by atoms with van der Waals surface area (Å²) in [4.78, 5) is 25.7. The quantitative estimate of drug-likeness (QED) is 0.382. The van der Waals surface area contributed by atoms with E-state index in [9.17, 15) is 9.59 Å². The van der Waals surface area contributed by atoms with Gasteiger partial charge in [-0.25, -0.2) is 5.84 Å². The number of piperidine rings is 1. The highest BCUT2D eigenvalue weighted by Crippen LogP contribution is 2.34. The van der Waals surface area contributed by atoms with Crippen LogP contribution in [0.4, 0.5) is 0 Å². The third-order valence-electron chi connectivity index (χ3n) is 4.28. The first kappa shape index (κ1) is 15.3. The SMILES string of the molecule is CC1(C)CC(N2CC(C(=O)NN)CC2=O)CC(C)(C)N1. The maximum atomic E-state index is 12.2. The fourth-order valence-corrected chi connectivity index (χ4v) is 3.87. The molecule has 0 spiro atoms. The summed E-state index contributed by atoms with van der Waals surface area (Å²) in [6.07, 6.45) is 2.08. The van der Waals surface area contributed by atoms with Crippen LogP contribution in [0.3, 0.4) is 0 Å². The molecule has 2 fully saturated rings. The second kappa shape index (κ2) is 5.00. The predicted octanol–water partition coefficient (Wildman–Crippen LogP) is 0.134. The molecule has 20 heavy (non-hydrogen) atoms. The number of rotatable bonds is 2. The van der Waals surface area contributed by atoms with Crippen molar-refractivity contribution in [2.24, 2.45) is 11.8 Å². The first-order valence-corrected chi connectivity index (χ1v) is 7.23. The highest BCUT2D eigenvalue weighted by Gasteiger charge is 2.44. The summed E-state index contributed by atoms with van der Waals surface area (Å²) in [7, 11) is 0. The summed E-state index contributed by atoms with van der Waals surface area (Å²) in [5, 5.41) is 3.61. The van der Waals surface area contributed by atoms with Gasteiger partial charge in [-0.1, -0.05) is 0 Å². The van der Waals surface area contributed by atoms with E-state index < -0.39 is 0 Å². The molecule has 0 radical (unpaired) electrons. The number of carbonyl (C=O) groups excluding carboxylic acids is 2. The third kappa shape index (κ3) is 3.12. The van der Waals surface area contributed by atoms with Crippen molar-refractivity contribution >= 4 is 11.8 Å². The van der Waals surface area contributed by atoms with Crippen molar-refractivity contribution < 1.29 is 9.59 Å². The van der Waals surface area contributed by atoms with E-state index in [0.717, 1.165) is 12.8 Å². The lowest BCUT2D eigenvalue weighted by Crippen LogP contribution is -2.62. The normalized spacial score (nSPS) is 29.6. The molecule has 0 aromatic carbocycles. The van der Waals surface area contributed by atoms with Crippen LogP contribution in [-0.4, -0.2) is 40.4 Å². The number of hydrazine groups is 1. The van der Waals surface area contributed by atoms with Crippen LogP contribution in [0.25, 0.3) is 0 Å². The Hall–Kier alpha value is -1.14. The van der Waals surface area contributed by atoms with Crippen LogP contribution in [0.5, 0.6) is 0 Å². The molecule has 6 nitrogen and oxygen atoms in total. The van der Waals surface area contributed by atoms with Gasteiger partial charge < -0.3 is 10.2 Å². The van der Waals surface area contributed by atoms with Gasteiger partial charge in [-0.2, -0.15) is 0 Å². The zero-order valence-electron chi connectivity index (χ0n) is 12.8. The van der Waals surface area contributed by atoms with Crippen LogP contribution in [0.15, 0.2) is 0 Å². The number of hydrogen-bond acceptors (Lipinski definition) is 4. The van der Waals surface area contributed by atoms with Gasteiger partial charge in [0.1, 0.15) is 0 Å². The van der Waals surface area contributed by atoms with Crippen LogP contribution in [0, 0.1) is 5.92 Å². The molecule has 6 heteroatoms. The Balaban J connectivity index is 2.11. The summed E-state index contributed by atoms with van der Waals surface area (Å²) in [5.41, 5.74) is 2.13. The zero-order valence-corrected chi connectivity index (χ0v) is 12.8. The van der Waals surface area contributed by atoms with E-state index in [-0.39, 0.29) is 41.3 Å². The molecule has 1 unspecified atom stereocenters. The van der Waals surface area contributed by atoms with Gasteiger partial charge in [-0.3, -0.25) is 15.0 Å². The smallest absolute Gasteiger partial charge is 0.239 e. The molecule has 2 amide bonds. The summed E-state index contributed by atoms with van der Waals surface area (Å²) >= 11 is 0. The second-order valence-corrected chi connectivity index (χ2v) is 7.41. The predicted molar refractivity (Wildman–Crippen MR) is 76.5 cm³/mol. The van der Waals surface area contributed by atoms with Gasteiger partial charge in [0.25, 0.3) is 0 Å². The van der Waals surface area contributed by atoms with Crippen molar-refractivity contribution in [2.45, 2.75) is 64.1 Å². The van der Waals surface area contributed by atoms with E-state index in [2.05, 4.69) is 38.4 Å². The average molecular weight is 282 g/mol. The van der Waals surface area contributed by atoms with Crippen molar-refractivity contribution in [3.63, 3.8) is 0 Å². The molecule has 2 aliphatic heterocycles. The van der Waals surface area contributed by atoms with Crippen LogP contribution in [-0.2, 0) is 9.59 Å². The number of hydrogen-bond donors (Lipinski definition) is 3. The van der Waals surface area contributed by atoms with Crippen molar-refractivity contribution in [1.82, 2.24) is 15.6 Å². The van der Waals surface area contributed by atoms with Crippen LogP contribution < -0.4 is 16.6 Å². The topological polar surface area (TPSA) is 87.5 Å². The van der Waals surface area contributed by atoms with Crippen molar-refractivity contribution in [2.75, 3.05) is 6.54 Å². The Morgan fingerprint density at radius 2 is 1.85 bits per heavy atom. The van der Waals surface area contributed by atoms with Crippen molar-refractivity contribution in [3.8, 4) is 0 Å². The molecule has 4 N–H and O–H groups in total. The third-order valence-corrected chi connectivity index (χ3v) is 4.28. The molecule has 2 heterocycles. The first-order valence-electron chi connectivity index (χ1n) is 7.23. The average Bonchev–Trinajstić information content (AvgIpc) is 2.66. The van der Waals surface area contributed by atoms with Crippen molar-refractivity contribution in [1.29, 1.82) is 0 Å². The van der Waals surface area contributed by atoms with Crippen LogP contribution in [0.2, 0.25) is 0 Å². The standard InChI is InChI=1S/C14H26N4O2/c1-13(2)6-10(7-14(3,4)17-13)18-8-9(5-11(18)19)12(20)16-15/h9-10,17H,5-8,15H2,1-4H3,(H,16,20). The molecule has 0 aromatic rings. The molecule has 0 saturated carbocycles. The summed E-state index contributed by atoms with van der Waals surface area (Å²) in [6, 6.07) is 0.185. The summed E-state index contributed by atoms with van der Waals surface area (Å²) in [5.74, 6) is 4.68. The van der Waals surface area contributed by atoms with E-state index in [0.29, 0.717) is 6.54 Å². The van der Waals surface area contributed by atoms with Gasteiger partial charge in [0.2, 0.25) is 11.8 Å². The van der Waals surface area contributed by atoms with E-state index in [4.69, 9.17) is 5.84 Å². The lowest BCUT2D eigenvalue weighted by molar-refractivity contribution is -0.131. The molecular formula is C14H26N4O2. The van der Waals surface area contributed by atoms with Gasteiger partial charge in [0.05, 0.1) is 5.92 Å². The highest BCUT2D eigenvalue weighted by atomic mass is 16.2. The van der Waals surface area contributed by atoms with E-state index in [1.807, 2.05) is 4.90 Å². The van der Waals surface area contributed by atoms with Gasteiger partial charge >= 0.3 is 0 Å². The Labute approximate surface area is 120 Å². The summed E-state index contributed by atoms with van der Waals surface area (Å²) in [6.45, 7) is 9.12. The Morgan fingerprint density at radius 3 is 2.35 bits per heavy atom. The first-order chi connectivity index (χ1) is 9.13. The number of nitrogens with two attached hydrogens (primary N) is 1. The number of likely N-dealkylation sites (tertiary alicyclic amines) is 1. The molecule has 0 aromatic heterocycles. The Morgan fingerprint density at radius 1 is 1.30 bits per heavy atom. The fourth-order valence-electron chi connectivity index (χ4n) is 3.87. The molecule has 0 aliphatic carbocycles. The van der Waals surface area contributed by atoms with Gasteiger partial charge in [0.15, 0.2) is 0 Å². The molecule has 2 saturated heterocycles. The largest absolute Gasteiger partial charge is 0.339 e. The lowest BCUT2D eigenvalue weighted by Gasteiger charge is -2.49. The van der Waals surface area contributed by atoms with Crippen LogP contribution in [0.1, 0.15) is 47.0 Å². The summed E-state index contributed by atoms with van der Waals surface area (Å²) < 4.78 is 0. The van der Waals surface area contributed by atoms with E-state index in [1.54, 1.807) is 0 Å². The maximum absolute atomic E-state index is 12.2. The van der Waals surface area contributed by atoms with E-state index in [1.165, 1.54) is 0 Å². The fraction of sp³-hybridized carbons (Fsp3) is 0.857. The molecular weight excluding hydrogens is 256 g/mol. The van der Waals surface area contributed by atoms with Crippen LogP contribution >= 0.6 is 0 Å². The van der Waals surface area contributed by atoms with Gasteiger partial charge in [-0.15, -0.1) is 0 Å². The monoisotopic (exact) mass is 282 g/mol. The number of amides is 2. The molecule has 0 bridgehead atoms. The molecule has 1 atom stereocenters. The minimum Gasteiger partial charge on any atom is -0.339 e. The highest BCUT2D eigenvalue weighted by molar-refractivity contribution is 5.89.